The lowest BCUT2D eigenvalue weighted by molar-refractivity contribution is -0.122. The molecule has 0 spiro atoms. The lowest BCUT2D eigenvalue weighted by Gasteiger charge is -2.37. The Morgan fingerprint density at radius 2 is 1.35 bits per heavy atom. The molecule has 0 N–H and O–H groups in total. The topological polar surface area (TPSA) is 17.1 Å². The molecule has 2 aliphatic carbocycles. The van der Waals surface area contributed by atoms with Gasteiger partial charge in [0.1, 0.15) is 5.78 Å². The third kappa shape index (κ3) is 3.33. The van der Waals surface area contributed by atoms with E-state index in [9.17, 15) is 4.79 Å². The van der Waals surface area contributed by atoms with Gasteiger partial charge in [-0.3, -0.25) is 4.79 Å². The Hall–Kier alpha value is -0.330. The second kappa shape index (κ2) is 6.02. The molecule has 0 radical (unpaired) electrons. The lowest BCUT2D eigenvalue weighted by atomic mass is 9.68. The highest BCUT2D eigenvalue weighted by Gasteiger charge is 2.31. The summed E-state index contributed by atoms with van der Waals surface area (Å²) in [6.07, 6.45) is 12.2. The highest BCUT2D eigenvalue weighted by atomic mass is 16.1. The van der Waals surface area contributed by atoms with E-state index in [-0.39, 0.29) is 0 Å². The molecular weight excluding hydrogens is 208 g/mol. The molecule has 0 aromatic rings. The maximum absolute atomic E-state index is 11.4. The maximum Gasteiger partial charge on any atom is 0.132 e. The van der Waals surface area contributed by atoms with Gasteiger partial charge in [0.05, 0.1) is 0 Å². The monoisotopic (exact) mass is 236 g/mol. The van der Waals surface area contributed by atoms with Crippen molar-refractivity contribution < 1.29 is 4.79 Å². The molecule has 2 fully saturated rings. The zero-order valence-electron chi connectivity index (χ0n) is 11.6. The SMILES string of the molecule is CCC1CCC(C2CCC(C(C)=O)CC2)CC1. The van der Waals surface area contributed by atoms with Crippen molar-refractivity contribution in [3.63, 3.8) is 0 Å². The van der Waals surface area contributed by atoms with E-state index in [4.69, 9.17) is 0 Å². The van der Waals surface area contributed by atoms with Crippen molar-refractivity contribution in [3.05, 3.63) is 0 Å². The Kier molecular flexibility index (Phi) is 4.64. The number of carbonyl (C=O) groups is 1. The van der Waals surface area contributed by atoms with Crippen LogP contribution in [0, 0.1) is 23.7 Å². The van der Waals surface area contributed by atoms with Gasteiger partial charge in [0.2, 0.25) is 0 Å². The summed E-state index contributed by atoms with van der Waals surface area (Å²) >= 11 is 0. The van der Waals surface area contributed by atoms with Gasteiger partial charge >= 0.3 is 0 Å². The first kappa shape index (κ1) is 13.1. The van der Waals surface area contributed by atoms with Gasteiger partial charge < -0.3 is 0 Å². The summed E-state index contributed by atoms with van der Waals surface area (Å²) in [6, 6.07) is 0. The molecule has 0 aromatic carbocycles. The number of rotatable bonds is 3. The molecule has 1 nitrogen and oxygen atoms in total. The normalized spacial score (nSPS) is 38.9. The van der Waals surface area contributed by atoms with Gasteiger partial charge in [0.25, 0.3) is 0 Å². The average Bonchev–Trinajstić information content (AvgIpc) is 2.39. The van der Waals surface area contributed by atoms with Crippen LogP contribution in [-0.2, 0) is 4.79 Å². The van der Waals surface area contributed by atoms with E-state index < -0.39 is 0 Å². The number of hydrogen-bond donors (Lipinski definition) is 0. The van der Waals surface area contributed by atoms with E-state index in [0.29, 0.717) is 11.7 Å². The van der Waals surface area contributed by atoms with Crippen LogP contribution in [0.2, 0.25) is 0 Å². The molecular formula is C16H28O. The molecule has 0 amide bonds. The predicted molar refractivity (Wildman–Crippen MR) is 71.9 cm³/mol. The Morgan fingerprint density at radius 3 is 1.76 bits per heavy atom. The maximum atomic E-state index is 11.4. The van der Waals surface area contributed by atoms with Crippen LogP contribution in [0.1, 0.15) is 71.6 Å². The summed E-state index contributed by atoms with van der Waals surface area (Å²) < 4.78 is 0. The molecule has 0 aromatic heterocycles. The van der Waals surface area contributed by atoms with Gasteiger partial charge in [0, 0.05) is 5.92 Å². The van der Waals surface area contributed by atoms with Gasteiger partial charge in [-0.2, -0.15) is 0 Å². The van der Waals surface area contributed by atoms with Gasteiger partial charge in [0.15, 0.2) is 0 Å². The fourth-order valence-corrected chi connectivity index (χ4v) is 4.07. The van der Waals surface area contributed by atoms with Gasteiger partial charge in [-0.05, 0) is 63.2 Å². The Bertz CT molecular complexity index is 242. The summed E-state index contributed by atoms with van der Waals surface area (Å²) in [5, 5.41) is 0. The van der Waals surface area contributed by atoms with Crippen molar-refractivity contribution in [1.29, 1.82) is 0 Å². The Morgan fingerprint density at radius 1 is 0.882 bits per heavy atom. The molecule has 0 bridgehead atoms. The number of ketones is 1. The molecule has 17 heavy (non-hydrogen) atoms. The van der Waals surface area contributed by atoms with E-state index >= 15 is 0 Å². The van der Waals surface area contributed by atoms with Crippen LogP contribution >= 0.6 is 0 Å². The van der Waals surface area contributed by atoms with Crippen molar-refractivity contribution in [2.45, 2.75) is 71.6 Å². The summed E-state index contributed by atoms with van der Waals surface area (Å²) in [6.45, 7) is 4.11. The van der Waals surface area contributed by atoms with Crippen molar-refractivity contribution in [3.8, 4) is 0 Å². The minimum absolute atomic E-state index is 0.401. The van der Waals surface area contributed by atoms with Crippen LogP contribution in [0.4, 0.5) is 0 Å². The second-order valence-electron chi connectivity index (χ2n) is 6.41. The van der Waals surface area contributed by atoms with E-state index in [2.05, 4.69) is 6.92 Å². The lowest BCUT2D eigenvalue weighted by Crippen LogP contribution is -2.27. The van der Waals surface area contributed by atoms with Gasteiger partial charge in [-0.1, -0.05) is 26.2 Å². The smallest absolute Gasteiger partial charge is 0.132 e. The molecule has 0 unspecified atom stereocenters. The molecule has 0 saturated heterocycles. The molecule has 0 heterocycles. The Labute approximate surface area is 106 Å². The van der Waals surface area contributed by atoms with Crippen LogP contribution in [0.25, 0.3) is 0 Å². The van der Waals surface area contributed by atoms with Crippen LogP contribution < -0.4 is 0 Å². The zero-order chi connectivity index (χ0) is 12.3. The summed E-state index contributed by atoms with van der Waals surface area (Å²) in [5.74, 6) is 3.78. The summed E-state index contributed by atoms with van der Waals surface area (Å²) in [7, 11) is 0. The molecule has 98 valence electrons. The minimum atomic E-state index is 0.401. The van der Waals surface area contributed by atoms with Crippen LogP contribution in [0.3, 0.4) is 0 Å². The second-order valence-corrected chi connectivity index (χ2v) is 6.41. The summed E-state index contributed by atoms with van der Waals surface area (Å²) in [5.41, 5.74) is 0. The Balaban J connectivity index is 1.76. The zero-order valence-corrected chi connectivity index (χ0v) is 11.6. The first-order valence-electron chi connectivity index (χ1n) is 7.71. The van der Waals surface area contributed by atoms with Gasteiger partial charge in [-0.15, -0.1) is 0 Å². The van der Waals surface area contributed by atoms with E-state index in [1.54, 1.807) is 6.92 Å². The minimum Gasteiger partial charge on any atom is -0.300 e. The van der Waals surface area contributed by atoms with Crippen LogP contribution in [0.15, 0.2) is 0 Å². The van der Waals surface area contributed by atoms with E-state index in [0.717, 1.165) is 17.8 Å². The fourth-order valence-electron chi connectivity index (χ4n) is 4.07. The van der Waals surface area contributed by atoms with Crippen molar-refractivity contribution in [2.24, 2.45) is 23.7 Å². The molecule has 1 heteroatoms. The third-order valence-corrected chi connectivity index (χ3v) is 5.48. The third-order valence-electron chi connectivity index (χ3n) is 5.48. The largest absolute Gasteiger partial charge is 0.300 e. The van der Waals surface area contributed by atoms with Crippen LogP contribution in [-0.4, -0.2) is 5.78 Å². The molecule has 0 aliphatic heterocycles. The molecule has 2 aliphatic rings. The quantitative estimate of drug-likeness (QED) is 0.700. The predicted octanol–water partition coefficient (Wildman–Crippen LogP) is 4.60. The first-order valence-corrected chi connectivity index (χ1v) is 7.71. The van der Waals surface area contributed by atoms with E-state index in [1.165, 1.54) is 57.8 Å². The highest BCUT2D eigenvalue weighted by molar-refractivity contribution is 5.78. The van der Waals surface area contributed by atoms with Gasteiger partial charge in [-0.25, -0.2) is 0 Å². The van der Waals surface area contributed by atoms with Crippen molar-refractivity contribution in [2.75, 3.05) is 0 Å². The standard InChI is InChI=1S/C16H28O/c1-3-13-4-6-15(7-5-13)16-10-8-14(9-11-16)12(2)17/h13-16H,3-11H2,1-2H3. The number of carbonyl (C=O) groups excluding carboxylic acids is 1. The first-order chi connectivity index (χ1) is 8.20. The molecule has 2 saturated carbocycles. The highest BCUT2D eigenvalue weighted by Crippen LogP contribution is 2.41. The summed E-state index contributed by atoms with van der Waals surface area (Å²) in [4.78, 5) is 11.4. The number of hydrogen-bond acceptors (Lipinski definition) is 1. The van der Waals surface area contributed by atoms with Crippen molar-refractivity contribution in [1.82, 2.24) is 0 Å². The average molecular weight is 236 g/mol. The van der Waals surface area contributed by atoms with Crippen molar-refractivity contribution >= 4 is 5.78 Å². The number of Topliss-reactive ketones (excluding diaryl/α,β-unsaturated/α-hetero) is 1. The van der Waals surface area contributed by atoms with Crippen LogP contribution in [0.5, 0.6) is 0 Å². The molecule has 0 atom stereocenters. The molecule has 2 rings (SSSR count). The van der Waals surface area contributed by atoms with E-state index in [1.807, 2.05) is 0 Å². The fraction of sp³-hybridized carbons (Fsp3) is 0.938.